The number of esters is 1. The van der Waals surface area contributed by atoms with Crippen LogP contribution in [0.25, 0.3) is 0 Å². The summed E-state index contributed by atoms with van der Waals surface area (Å²) < 4.78 is 20.5. The van der Waals surface area contributed by atoms with Crippen LogP contribution in [0.4, 0.5) is 4.39 Å². The number of rotatable bonds is 3. The first-order valence-corrected chi connectivity index (χ1v) is 6.52. The molecule has 0 bridgehead atoms. The Bertz CT molecular complexity index is 627. The number of halogens is 1. The molecule has 0 saturated heterocycles. The van der Waals surface area contributed by atoms with Crippen molar-refractivity contribution >= 4 is 5.97 Å². The summed E-state index contributed by atoms with van der Waals surface area (Å²) in [6.07, 6.45) is -0.921. The van der Waals surface area contributed by atoms with Gasteiger partial charge in [0.1, 0.15) is 18.0 Å². The predicted octanol–water partition coefficient (Wildman–Crippen LogP) is 1.94. The van der Waals surface area contributed by atoms with Crippen LogP contribution in [0.2, 0.25) is 0 Å². The zero-order chi connectivity index (χ0) is 14.1. The highest BCUT2D eigenvalue weighted by Crippen LogP contribution is 2.32. The molecule has 0 unspecified atom stereocenters. The number of fused-ring (bicyclic) bond motifs is 1. The minimum Gasteiger partial charge on any atom is -0.460 e. The predicted molar refractivity (Wildman–Crippen MR) is 69.2 cm³/mol. The monoisotopic (exact) mass is 275 g/mol. The van der Waals surface area contributed by atoms with Gasteiger partial charge in [0.25, 0.3) is 5.82 Å². The second-order valence-corrected chi connectivity index (χ2v) is 4.59. The number of ether oxygens (including phenoxy) is 1. The van der Waals surface area contributed by atoms with Gasteiger partial charge in [0.15, 0.2) is 0 Å². The van der Waals surface area contributed by atoms with E-state index in [9.17, 15) is 9.18 Å². The summed E-state index contributed by atoms with van der Waals surface area (Å²) in [4.78, 5) is 15.7. The normalized spacial score (nSPS) is 20.7. The van der Waals surface area contributed by atoms with Crippen molar-refractivity contribution in [3.8, 4) is 0 Å². The Labute approximate surface area is 115 Å². The lowest BCUT2D eigenvalue weighted by molar-refractivity contribution is 0.0510. The van der Waals surface area contributed by atoms with Gasteiger partial charge in [-0.3, -0.25) is 0 Å². The van der Waals surface area contributed by atoms with Gasteiger partial charge in [-0.25, -0.2) is 18.9 Å². The molecule has 20 heavy (non-hydrogen) atoms. The van der Waals surface area contributed by atoms with Gasteiger partial charge in [-0.05, 0) is 12.5 Å². The number of carbonyl (C=O) groups excluding carboxylic acids is 1. The highest BCUT2D eigenvalue weighted by molar-refractivity contribution is 5.85. The van der Waals surface area contributed by atoms with Crippen LogP contribution in [0, 0.1) is 0 Å². The number of nitrogens with zero attached hydrogens (tertiary/aromatic N) is 3. The molecule has 0 spiro atoms. The van der Waals surface area contributed by atoms with Gasteiger partial charge in [0, 0.05) is 6.42 Å². The summed E-state index contributed by atoms with van der Waals surface area (Å²) in [7, 11) is 0. The Morgan fingerprint density at radius 1 is 1.45 bits per heavy atom. The highest BCUT2D eigenvalue weighted by Gasteiger charge is 2.37. The summed E-state index contributed by atoms with van der Waals surface area (Å²) in [5.41, 5.74) is 0.819. The van der Waals surface area contributed by atoms with E-state index in [0.717, 1.165) is 5.56 Å². The molecule has 1 aromatic heterocycles. The lowest BCUT2D eigenvalue weighted by Gasteiger charge is -2.14. The van der Waals surface area contributed by atoms with Gasteiger partial charge in [-0.15, -0.1) is 5.10 Å². The van der Waals surface area contributed by atoms with Gasteiger partial charge in [0.05, 0.1) is 6.61 Å². The molecule has 0 aliphatic carbocycles. The van der Waals surface area contributed by atoms with Crippen LogP contribution in [-0.4, -0.2) is 33.5 Å². The van der Waals surface area contributed by atoms with Crippen LogP contribution in [0.15, 0.2) is 30.3 Å². The summed E-state index contributed by atoms with van der Waals surface area (Å²) in [5.74, 6) is -0.0966. The van der Waals surface area contributed by atoms with E-state index in [0.29, 0.717) is 5.82 Å². The smallest absolute Gasteiger partial charge is 0.378 e. The minimum absolute atomic E-state index is 0.00492. The average molecular weight is 275 g/mol. The molecule has 3 rings (SSSR count). The fourth-order valence-electron chi connectivity index (χ4n) is 2.44. The molecular weight excluding hydrogens is 261 g/mol. The van der Waals surface area contributed by atoms with E-state index in [1.807, 2.05) is 30.3 Å². The Hall–Kier alpha value is -2.24. The lowest BCUT2D eigenvalue weighted by atomic mass is 10.0. The van der Waals surface area contributed by atoms with Crippen LogP contribution in [0.3, 0.4) is 0 Å². The number of benzene rings is 1. The standard InChI is InChI=1S/C14H14FN3O2/c1-2-20-14(19)13-16-11-8-10(15)12(18(11)17-13)9-6-4-3-5-7-9/h3-7,10,12H,2,8H2,1H3/t10-,12+/m1/s1. The van der Waals surface area contributed by atoms with Gasteiger partial charge in [-0.1, -0.05) is 30.3 Å². The van der Waals surface area contributed by atoms with Crippen LogP contribution >= 0.6 is 0 Å². The molecule has 104 valence electrons. The average Bonchev–Trinajstić information content (AvgIpc) is 2.96. The Kier molecular flexibility index (Phi) is 3.22. The van der Waals surface area contributed by atoms with Crippen molar-refractivity contribution in [3.63, 3.8) is 0 Å². The quantitative estimate of drug-likeness (QED) is 0.803. The van der Waals surface area contributed by atoms with Crippen LogP contribution in [0.1, 0.15) is 35.0 Å². The van der Waals surface area contributed by atoms with Crippen LogP contribution in [-0.2, 0) is 11.2 Å². The topological polar surface area (TPSA) is 57.0 Å². The number of alkyl halides is 1. The molecule has 1 aromatic carbocycles. The highest BCUT2D eigenvalue weighted by atomic mass is 19.1. The SMILES string of the molecule is CCOC(=O)c1nc2n(n1)[C@@H](c1ccccc1)[C@H](F)C2. The first-order valence-electron chi connectivity index (χ1n) is 6.52. The van der Waals surface area contributed by atoms with E-state index in [1.54, 1.807) is 6.92 Å². The number of hydrogen-bond acceptors (Lipinski definition) is 4. The first-order chi connectivity index (χ1) is 9.70. The number of aromatic nitrogens is 3. The third kappa shape index (κ3) is 2.07. The maximum Gasteiger partial charge on any atom is 0.378 e. The van der Waals surface area contributed by atoms with Crippen molar-refractivity contribution in [2.75, 3.05) is 6.61 Å². The third-order valence-electron chi connectivity index (χ3n) is 3.28. The maximum absolute atomic E-state index is 14.2. The molecule has 0 radical (unpaired) electrons. The van der Waals surface area contributed by atoms with Crippen molar-refractivity contribution < 1.29 is 13.9 Å². The van der Waals surface area contributed by atoms with Crippen LogP contribution < -0.4 is 0 Å². The molecular formula is C14H14FN3O2. The summed E-state index contributed by atoms with van der Waals surface area (Å²) in [5, 5.41) is 4.11. The number of hydrogen-bond donors (Lipinski definition) is 0. The maximum atomic E-state index is 14.2. The molecule has 2 aromatic rings. The van der Waals surface area contributed by atoms with Crippen molar-refractivity contribution in [2.24, 2.45) is 0 Å². The van der Waals surface area contributed by atoms with E-state index in [1.165, 1.54) is 4.68 Å². The fraction of sp³-hybridized carbons (Fsp3) is 0.357. The van der Waals surface area contributed by atoms with E-state index >= 15 is 0 Å². The molecule has 1 aliphatic heterocycles. The largest absolute Gasteiger partial charge is 0.460 e. The van der Waals surface area contributed by atoms with Crippen molar-refractivity contribution in [1.29, 1.82) is 0 Å². The molecule has 0 amide bonds. The second kappa shape index (κ2) is 5.03. The van der Waals surface area contributed by atoms with Crippen LogP contribution in [0.5, 0.6) is 0 Å². The van der Waals surface area contributed by atoms with Gasteiger partial charge < -0.3 is 4.74 Å². The van der Waals surface area contributed by atoms with E-state index in [-0.39, 0.29) is 18.9 Å². The number of carbonyl (C=O) groups is 1. The van der Waals surface area contributed by atoms with Crippen molar-refractivity contribution in [3.05, 3.63) is 47.5 Å². The molecule has 0 fully saturated rings. The molecule has 1 aliphatic rings. The first kappa shape index (κ1) is 12.8. The third-order valence-corrected chi connectivity index (χ3v) is 3.28. The Morgan fingerprint density at radius 3 is 2.90 bits per heavy atom. The van der Waals surface area contributed by atoms with Crippen molar-refractivity contribution in [2.45, 2.75) is 25.6 Å². The van der Waals surface area contributed by atoms with Gasteiger partial charge in [0.2, 0.25) is 0 Å². The van der Waals surface area contributed by atoms with Gasteiger partial charge in [-0.2, -0.15) is 0 Å². The van der Waals surface area contributed by atoms with Gasteiger partial charge >= 0.3 is 5.97 Å². The zero-order valence-corrected chi connectivity index (χ0v) is 11.0. The lowest BCUT2D eigenvalue weighted by Crippen LogP contribution is -2.18. The fourth-order valence-corrected chi connectivity index (χ4v) is 2.44. The van der Waals surface area contributed by atoms with Crippen molar-refractivity contribution in [1.82, 2.24) is 14.8 Å². The Balaban J connectivity index is 1.95. The summed E-state index contributed by atoms with van der Waals surface area (Å²) >= 11 is 0. The summed E-state index contributed by atoms with van der Waals surface area (Å²) in [6, 6.07) is 8.74. The molecule has 6 heteroatoms. The molecule has 0 N–H and O–H groups in total. The summed E-state index contributed by atoms with van der Waals surface area (Å²) in [6.45, 7) is 1.97. The van der Waals surface area contributed by atoms with E-state index in [2.05, 4.69) is 10.1 Å². The zero-order valence-electron chi connectivity index (χ0n) is 11.0. The molecule has 2 atom stereocenters. The minimum atomic E-state index is -1.08. The molecule has 2 heterocycles. The van der Waals surface area contributed by atoms with E-state index in [4.69, 9.17) is 4.74 Å². The van der Waals surface area contributed by atoms with E-state index < -0.39 is 18.2 Å². The second-order valence-electron chi connectivity index (χ2n) is 4.59. The molecule has 0 saturated carbocycles. The molecule has 5 nitrogen and oxygen atoms in total. The Morgan fingerprint density at radius 2 is 2.20 bits per heavy atom.